The highest BCUT2D eigenvalue weighted by Gasteiger charge is 2.35. The van der Waals surface area contributed by atoms with Crippen molar-refractivity contribution in [2.75, 3.05) is 12.3 Å². The summed E-state index contributed by atoms with van der Waals surface area (Å²) in [6.07, 6.45) is 2.19. The molecule has 130 valence electrons. The number of nitrogens with zero attached hydrogens (tertiary/aromatic N) is 1. The number of aryl methyl sites for hydroxylation is 1. The van der Waals surface area contributed by atoms with Crippen molar-refractivity contribution >= 4 is 17.3 Å². The quantitative estimate of drug-likeness (QED) is 0.447. The van der Waals surface area contributed by atoms with E-state index >= 15 is 0 Å². The van der Waals surface area contributed by atoms with E-state index in [-0.39, 0.29) is 23.5 Å². The molecule has 1 amide bonds. The second-order valence-electron chi connectivity index (χ2n) is 6.22. The Morgan fingerprint density at radius 2 is 2.04 bits per heavy atom. The number of nitrogens with one attached hydrogen (secondary N) is 1. The largest absolute Gasteiger partial charge is 0.398 e. The first kappa shape index (κ1) is 16.9. The number of nitro groups is 1. The molecule has 1 atom stereocenters. The van der Waals surface area contributed by atoms with Crippen LogP contribution in [0.25, 0.3) is 0 Å². The molecule has 1 aliphatic rings. The number of anilines is 1. The molecular formula is C18H19N3O4. The van der Waals surface area contributed by atoms with Crippen LogP contribution in [0.5, 0.6) is 0 Å². The SMILES string of the molecule is Nc1cccc([N+](=O)[O-])c1C(=O)NCC1(O)CCCc2ccccc21. The highest BCUT2D eigenvalue weighted by molar-refractivity contribution is 6.03. The van der Waals surface area contributed by atoms with E-state index in [1.807, 2.05) is 24.3 Å². The molecule has 2 aromatic carbocycles. The monoisotopic (exact) mass is 341 g/mol. The number of amides is 1. The van der Waals surface area contributed by atoms with Gasteiger partial charge in [0, 0.05) is 6.07 Å². The zero-order valence-electron chi connectivity index (χ0n) is 13.6. The van der Waals surface area contributed by atoms with Crippen LogP contribution in [0.4, 0.5) is 11.4 Å². The Hall–Kier alpha value is -2.93. The number of benzene rings is 2. The van der Waals surface area contributed by atoms with Gasteiger partial charge in [0.15, 0.2) is 0 Å². The Morgan fingerprint density at radius 3 is 2.80 bits per heavy atom. The van der Waals surface area contributed by atoms with E-state index in [0.717, 1.165) is 24.0 Å². The Labute approximate surface area is 144 Å². The van der Waals surface area contributed by atoms with Gasteiger partial charge in [-0.05, 0) is 36.5 Å². The molecule has 25 heavy (non-hydrogen) atoms. The molecule has 7 heteroatoms. The molecule has 0 aliphatic heterocycles. The van der Waals surface area contributed by atoms with Crippen LogP contribution in [-0.2, 0) is 12.0 Å². The molecule has 0 heterocycles. The van der Waals surface area contributed by atoms with Crippen molar-refractivity contribution in [1.29, 1.82) is 0 Å². The predicted molar refractivity (Wildman–Crippen MR) is 93.1 cm³/mol. The van der Waals surface area contributed by atoms with E-state index in [0.29, 0.717) is 6.42 Å². The fraction of sp³-hybridized carbons (Fsp3) is 0.278. The number of fused-ring (bicyclic) bond motifs is 1. The molecule has 1 aliphatic carbocycles. The van der Waals surface area contributed by atoms with Crippen LogP contribution in [0.15, 0.2) is 42.5 Å². The Morgan fingerprint density at radius 1 is 1.28 bits per heavy atom. The third-order valence-electron chi connectivity index (χ3n) is 4.60. The van der Waals surface area contributed by atoms with Crippen molar-refractivity contribution in [3.05, 3.63) is 69.3 Å². The van der Waals surface area contributed by atoms with Crippen molar-refractivity contribution in [2.24, 2.45) is 0 Å². The van der Waals surface area contributed by atoms with Crippen LogP contribution in [-0.4, -0.2) is 22.5 Å². The summed E-state index contributed by atoms with van der Waals surface area (Å²) < 4.78 is 0. The Bertz CT molecular complexity index is 837. The number of hydrogen-bond donors (Lipinski definition) is 3. The number of carbonyl (C=O) groups is 1. The number of aliphatic hydroxyl groups is 1. The molecule has 2 aromatic rings. The molecule has 0 radical (unpaired) electrons. The van der Waals surface area contributed by atoms with E-state index < -0.39 is 16.4 Å². The first-order chi connectivity index (χ1) is 11.9. The summed E-state index contributed by atoms with van der Waals surface area (Å²) in [6.45, 7) is -0.0334. The van der Waals surface area contributed by atoms with Gasteiger partial charge in [0.1, 0.15) is 11.2 Å². The lowest BCUT2D eigenvalue weighted by molar-refractivity contribution is -0.385. The van der Waals surface area contributed by atoms with Gasteiger partial charge in [0.05, 0.1) is 17.2 Å². The summed E-state index contributed by atoms with van der Waals surface area (Å²) >= 11 is 0. The van der Waals surface area contributed by atoms with Crippen LogP contribution >= 0.6 is 0 Å². The molecule has 3 rings (SSSR count). The average molecular weight is 341 g/mol. The van der Waals surface area contributed by atoms with Crippen LogP contribution < -0.4 is 11.1 Å². The molecule has 1 unspecified atom stereocenters. The lowest BCUT2D eigenvalue weighted by Crippen LogP contribution is -2.43. The molecule has 4 N–H and O–H groups in total. The highest BCUT2D eigenvalue weighted by atomic mass is 16.6. The summed E-state index contributed by atoms with van der Waals surface area (Å²) in [5.41, 5.74) is 5.90. The second-order valence-corrected chi connectivity index (χ2v) is 6.22. The lowest BCUT2D eigenvalue weighted by atomic mass is 9.79. The fourth-order valence-corrected chi connectivity index (χ4v) is 3.35. The van der Waals surface area contributed by atoms with Gasteiger partial charge < -0.3 is 16.2 Å². The molecule has 0 saturated heterocycles. The average Bonchev–Trinajstić information content (AvgIpc) is 2.60. The molecular weight excluding hydrogens is 322 g/mol. The van der Waals surface area contributed by atoms with E-state index in [1.165, 1.54) is 18.2 Å². The molecule has 0 spiro atoms. The van der Waals surface area contributed by atoms with E-state index in [9.17, 15) is 20.0 Å². The van der Waals surface area contributed by atoms with Gasteiger partial charge in [-0.2, -0.15) is 0 Å². The summed E-state index contributed by atoms with van der Waals surface area (Å²) in [7, 11) is 0. The predicted octanol–water partition coefficient (Wildman–Crippen LogP) is 2.13. The molecule has 0 bridgehead atoms. The summed E-state index contributed by atoms with van der Waals surface area (Å²) in [5, 5.41) is 24.7. The summed E-state index contributed by atoms with van der Waals surface area (Å²) in [4.78, 5) is 23.0. The van der Waals surface area contributed by atoms with E-state index in [1.54, 1.807) is 0 Å². The zero-order chi connectivity index (χ0) is 18.0. The number of nitrogen functional groups attached to an aromatic ring is 1. The topological polar surface area (TPSA) is 118 Å². The molecule has 0 saturated carbocycles. The highest BCUT2D eigenvalue weighted by Crippen LogP contribution is 2.35. The Balaban J connectivity index is 1.84. The first-order valence-corrected chi connectivity index (χ1v) is 8.04. The van der Waals surface area contributed by atoms with Crippen molar-refractivity contribution in [3.8, 4) is 0 Å². The number of nitro benzene ring substituents is 1. The first-order valence-electron chi connectivity index (χ1n) is 8.04. The summed E-state index contributed by atoms with van der Waals surface area (Å²) in [5.74, 6) is -0.665. The number of carbonyl (C=O) groups excluding carboxylic acids is 1. The third kappa shape index (κ3) is 3.18. The third-order valence-corrected chi connectivity index (χ3v) is 4.60. The smallest absolute Gasteiger partial charge is 0.284 e. The van der Waals surface area contributed by atoms with Crippen molar-refractivity contribution in [2.45, 2.75) is 24.9 Å². The van der Waals surface area contributed by atoms with Crippen LogP contribution in [0.2, 0.25) is 0 Å². The maximum atomic E-state index is 12.5. The van der Waals surface area contributed by atoms with Gasteiger partial charge in [0.2, 0.25) is 0 Å². The van der Waals surface area contributed by atoms with E-state index in [4.69, 9.17) is 5.73 Å². The second kappa shape index (κ2) is 6.52. The summed E-state index contributed by atoms with van der Waals surface area (Å²) in [6, 6.07) is 11.7. The normalized spacial score (nSPS) is 19.1. The molecule has 7 nitrogen and oxygen atoms in total. The van der Waals surface area contributed by atoms with Crippen molar-refractivity contribution < 1.29 is 14.8 Å². The van der Waals surface area contributed by atoms with Gasteiger partial charge in [-0.15, -0.1) is 0 Å². The molecule has 0 aromatic heterocycles. The van der Waals surface area contributed by atoms with Crippen LogP contribution in [0.3, 0.4) is 0 Å². The maximum absolute atomic E-state index is 12.5. The van der Waals surface area contributed by atoms with Gasteiger partial charge in [-0.3, -0.25) is 14.9 Å². The Kier molecular flexibility index (Phi) is 4.41. The van der Waals surface area contributed by atoms with Gasteiger partial charge in [-0.25, -0.2) is 0 Å². The van der Waals surface area contributed by atoms with Gasteiger partial charge >= 0.3 is 0 Å². The van der Waals surface area contributed by atoms with Crippen molar-refractivity contribution in [3.63, 3.8) is 0 Å². The fourth-order valence-electron chi connectivity index (χ4n) is 3.35. The van der Waals surface area contributed by atoms with Gasteiger partial charge in [0.25, 0.3) is 11.6 Å². The van der Waals surface area contributed by atoms with Crippen molar-refractivity contribution in [1.82, 2.24) is 5.32 Å². The standard InChI is InChI=1S/C18H19N3O4/c19-14-8-3-9-15(21(24)25)16(14)17(22)20-11-18(23)10-4-6-12-5-1-2-7-13(12)18/h1-3,5,7-9,23H,4,6,10-11,19H2,(H,20,22). The van der Waals surface area contributed by atoms with E-state index in [2.05, 4.69) is 5.32 Å². The maximum Gasteiger partial charge on any atom is 0.284 e. The molecule has 0 fully saturated rings. The van der Waals surface area contributed by atoms with Gasteiger partial charge in [-0.1, -0.05) is 30.3 Å². The zero-order valence-corrected chi connectivity index (χ0v) is 13.6. The minimum absolute atomic E-state index is 0.0303. The minimum atomic E-state index is -1.19. The number of nitrogens with two attached hydrogens (primary N) is 1. The number of hydrogen-bond acceptors (Lipinski definition) is 5. The number of rotatable bonds is 4. The minimum Gasteiger partial charge on any atom is -0.398 e. The van der Waals surface area contributed by atoms with Crippen LogP contribution in [0.1, 0.15) is 34.3 Å². The van der Waals surface area contributed by atoms with Crippen LogP contribution in [0, 0.1) is 10.1 Å². The lowest BCUT2D eigenvalue weighted by Gasteiger charge is -2.34.